The third-order valence-corrected chi connectivity index (χ3v) is 2.14. The molecule has 4 heteroatoms. The number of rotatable bonds is 5. The van der Waals surface area contributed by atoms with Crippen LogP contribution < -0.4 is 4.74 Å². The minimum atomic E-state index is -4.05. The van der Waals surface area contributed by atoms with Crippen molar-refractivity contribution in [2.75, 3.05) is 6.61 Å². The lowest BCUT2D eigenvalue weighted by molar-refractivity contribution is -0.135. The number of unbranched alkanes of at least 4 members (excludes halogenated alkanes) is 1. The second kappa shape index (κ2) is 10.7. The molecule has 0 spiro atoms. The largest absolute Gasteiger partial charge is 0.494 e. The Bertz CT molecular complexity index is 304. The van der Waals surface area contributed by atoms with Gasteiger partial charge in [0, 0.05) is 6.42 Å². The molecule has 0 aliphatic carbocycles. The van der Waals surface area contributed by atoms with Crippen LogP contribution >= 0.6 is 0 Å². The van der Waals surface area contributed by atoms with Crippen molar-refractivity contribution in [2.24, 2.45) is 0 Å². The van der Waals surface area contributed by atoms with Crippen molar-refractivity contribution in [2.45, 2.75) is 53.6 Å². The van der Waals surface area contributed by atoms with E-state index in [0.29, 0.717) is 18.8 Å². The fourth-order valence-corrected chi connectivity index (χ4v) is 1.25. The van der Waals surface area contributed by atoms with Gasteiger partial charge in [-0.15, -0.1) is 0 Å². The van der Waals surface area contributed by atoms with E-state index in [1.165, 1.54) is 0 Å². The topological polar surface area (TPSA) is 9.23 Å². The van der Waals surface area contributed by atoms with Gasteiger partial charge in [-0.2, -0.15) is 13.2 Å². The van der Waals surface area contributed by atoms with Crippen LogP contribution in [0.3, 0.4) is 0 Å². The zero-order chi connectivity index (χ0) is 14.0. The van der Waals surface area contributed by atoms with Gasteiger partial charge in [0.05, 0.1) is 6.61 Å². The Morgan fingerprint density at radius 1 is 1.00 bits per heavy atom. The maximum Gasteiger partial charge on any atom is 0.389 e. The molecular weight excluding hydrogens is 253 g/mol. The summed E-state index contributed by atoms with van der Waals surface area (Å²) in [5, 5.41) is 0. The van der Waals surface area contributed by atoms with Gasteiger partial charge in [0.2, 0.25) is 0 Å². The predicted octanol–water partition coefficient (Wildman–Crippen LogP) is 5.77. The zero-order valence-electron chi connectivity index (χ0n) is 11.2. The summed E-state index contributed by atoms with van der Waals surface area (Å²) in [5.74, 6) is 0.706. The minimum Gasteiger partial charge on any atom is -0.494 e. The quantitative estimate of drug-likeness (QED) is 0.621. The van der Waals surface area contributed by atoms with Crippen molar-refractivity contribution in [3.63, 3.8) is 0 Å². The molecule has 0 atom stereocenters. The maximum absolute atomic E-state index is 11.8. The number of halogens is 3. The van der Waals surface area contributed by atoms with E-state index in [1.54, 1.807) is 0 Å². The van der Waals surface area contributed by atoms with E-state index in [9.17, 15) is 13.2 Å². The molecule has 1 nitrogen and oxygen atoms in total. The van der Waals surface area contributed by atoms with Gasteiger partial charge in [-0.1, -0.05) is 39.0 Å². The second-order valence-corrected chi connectivity index (χ2v) is 3.73. The lowest BCUT2D eigenvalue weighted by atomic mass is 10.2. The molecule has 0 aromatic heterocycles. The Balaban J connectivity index is 0. The lowest BCUT2D eigenvalue weighted by Gasteiger charge is -2.07. The van der Waals surface area contributed by atoms with E-state index in [-0.39, 0.29) is 13.8 Å². The first kappa shape index (κ1) is 20.1. The van der Waals surface area contributed by atoms with Crippen molar-refractivity contribution < 1.29 is 17.9 Å². The number of benzene rings is 1. The number of ether oxygens (including phenoxy) is 1. The fourth-order valence-electron chi connectivity index (χ4n) is 1.25. The van der Waals surface area contributed by atoms with E-state index >= 15 is 0 Å². The summed E-state index contributed by atoms with van der Waals surface area (Å²) in [4.78, 5) is 0. The van der Waals surface area contributed by atoms with Crippen LogP contribution in [0.2, 0.25) is 0 Å². The highest BCUT2D eigenvalue weighted by atomic mass is 19.4. The Morgan fingerprint density at radius 2 is 1.53 bits per heavy atom. The molecule has 0 aliphatic rings. The number of hydrogen-bond acceptors (Lipinski definition) is 1. The maximum atomic E-state index is 11.8. The van der Waals surface area contributed by atoms with Crippen molar-refractivity contribution in [3.8, 4) is 5.75 Å². The highest BCUT2D eigenvalue weighted by Crippen LogP contribution is 2.22. The van der Waals surface area contributed by atoms with Crippen LogP contribution in [0.4, 0.5) is 13.2 Å². The molecule has 0 saturated heterocycles. The Morgan fingerprint density at radius 3 is 2.00 bits per heavy atom. The average molecular weight is 278 g/mol. The van der Waals surface area contributed by atoms with Gasteiger partial charge in [-0.25, -0.2) is 0 Å². The predicted molar refractivity (Wildman–Crippen MR) is 74.7 cm³/mol. The van der Waals surface area contributed by atoms with Crippen molar-refractivity contribution >= 4 is 0 Å². The molecular formula is C15H25F3O. The van der Waals surface area contributed by atoms with Crippen molar-refractivity contribution in [3.05, 3.63) is 29.8 Å². The van der Waals surface area contributed by atoms with Crippen molar-refractivity contribution in [1.29, 1.82) is 0 Å². The van der Waals surface area contributed by atoms with Crippen LogP contribution in [0.25, 0.3) is 0 Å². The van der Waals surface area contributed by atoms with Gasteiger partial charge in [-0.3, -0.25) is 0 Å². The molecule has 0 radical (unpaired) electrons. The summed E-state index contributed by atoms with van der Waals surface area (Å²) in [7, 11) is 0. The highest BCUT2D eigenvalue weighted by Gasteiger charge is 2.25. The molecule has 112 valence electrons. The van der Waals surface area contributed by atoms with E-state index in [1.807, 2.05) is 45.0 Å². The van der Waals surface area contributed by atoms with Gasteiger partial charge in [0.15, 0.2) is 0 Å². The van der Waals surface area contributed by atoms with E-state index in [2.05, 4.69) is 0 Å². The fraction of sp³-hybridized carbons (Fsp3) is 0.600. The third kappa shape index (κ3) is 11.6. The summed E-state index contributed by atoms with van der Waals surface area (Å²) in [6.45, 7) is 6.30. The molecule has 0 unspecified atom stereocenters. The smallest absolute Gasteiger partial charge is 0.389 e. The number of hydrogen-bond donors (Lipinski definition) is 0. The Labute approximate surface area is 114 Å². The van der Waals surface area contributed by atoms with Crippen LogP contribution in [0.1, 0.15) is 46.1 Å². The molecule has 0 heterocycles. The third-order valence-electron chi connectivity index (χ3n) is 2.14. The Hall–Kier alpha value is -1.19. The lowest BCUT2D eigenvalue weighted by Crippen LogP contribution is -2.07. The first-order valence-electron chi connectivity index (χ1n) is 6.23. The molecule has 0 amide bonds. The number of aryl methyl sites for hydroxylation is 1. The molecule has 1 aromatic rings. The van der Waals surface area contributed by atoms with Gasteiger partial charge in [0.25, 0.3) is 0 Å². The minimum absolute atomic E-state index is 0. The summed E-state index contributed by atoms with van der Waals surface area (Å²) >= 11 is 0. The summed E-state index contributed by atoms with van der Waals surface area (Å²) in [6.07, 6.45) is -4.24. The molecule has 0 aliphatic heterocycles. The van der Waals surface area contributed by atoms with Gasteiger partial charge < -0.3 is 4.74 Å². The standard InChI is InChI=1S/C12H15F3O.C2H6.CH4/c1-10-4-6-11(7-5-10)16-9-3-2-8-12(13,14)15;1-2;/h4-7H,2-3,8-9H2,1H3;1-2H3;1H4. The monoisotopic (exact) mass is 278 g/mol. The van der Waals surface area contributed by atoms with Gasteiger partial charge in [-0.05, 0) is 31.9 Å². The first-order valence-corrected chi connectivity index (χ1v) is 6.23. The molecule has 19 heavy (non-hydrogen) atoms. The summed E-state index contributed by atoms with van der Waals surface area (Å²) < 4.78 is 40.7. The van der Waals surface area contributed by atoms with Crippen LogP contribution in [0.5, 0.6) is 5.75 Å². The number of alkyl halides is 3. The summed E-state index contributed by atoms with van der Waals surface area (Å²) in [5.41, 5.74) is 1.13. The molecule has 0 bridgehead atoms. The van der Waals surface area contributed by atoms with Gasteiger partial charge >= 0.3 is 6.18 Å². The molecule has 0 fully saturated rings. The van der Waals surface area contributed by atoms with Gasteiger partial charge in [0.1, 0.15) is 5.75 Å². The van der Waals surface area contributed by atoms with Crippen LogP contribution in [0.15, 0.2) is 24.3 Å². The SMILES string of the molecule is C.CC.Cc1ccc(OCCCCC(F)(F)F)cc1. The zero-order valence-corrected chi connectivity index (χ0v) is 11.2. The molecule has 0 saturated carbocycles. The molecule has 1 aromatic carbocycles. The van der Waals surface area contributed by atoms with Crippen LogP contribution in [-0.4, -0.2) is 12.8 Å². The van der Waals surface area contributed by atoms with E-state index < -0.39 is 12.6 Å². The van der Waals surface area contributed by atoms with E-state index in [0.717, 1.165) is 5.56 Å². The first-order chi connectivity index (χ1) is 8.47. The second-order valence-electron chi connectivity index (χ2n) is 3.73. The highest BCUT2D eigenvalue weighted by molar-refractivity contribution is 5.26. The van der Waals surface area contributed by atoms with Crippen LogP contribution in [-0.2, 0) is 0 Å². The Kier molecular flexibility index (Phi) is 11.3. The average Bonchev–Trinajstić information content (AvgIpc) is 2.32. The summed E-state index contributed by atoms with van der Waals surface area (Å²) in [6, 6.07) is 7.45. The van der Waals surface area contributed by atoms with Crippen LogP contribution in [0, 0.1) is 6.92 Å². The van der Waals surface area contributed by atoms with Crippen molar-refractivity contribution in [1.82, 2.24) is 0 Å². The molecule has 0 N–H and O–H groups in total. The normalized spacial score (nSPS) is 10.0. The molecule has 1 rings (SSSR count). The van der Waals surface area contributed by atoms with E-state index in [4.69, 9.17) is 4.74 Å².